The number of halogens is 3. The summed E-state index contributed by atoms with van der Waals surface area (Å²) in [5, 5.41) is 0.315. The average molecular weight is 316 g/mol. The molecular weight excluding hydrogens is 306 g/mol. The number of ether oxygens (including phenoxy) is 1. The molecule has 0 atom stereocenters. The van der Waals surface area contributed by atoms with Crippen molar-refractivity contribution in [3.8, 4) is 16.9 Å². The van der Waals surface area contributed by atoms with Crippen molar-refractivity contribution in [3.63, 3.8) is 0 Å². The van der Waals surface area contributed by atoms with Crippen molar-refractivity contribution in [2.75, 3.05) is 7.11 Å². The third-order valence-corrected chi connectivity index (χ3v) is 3.29. The highest BCUT2D eigenvalue weighted by atomic mass is 79.9. The maximum atomic E-state index is 14.0. The minimum Gasteiger partial charge on any atom is -0.496 e. The van der Waals surface area contributed by atoms with Crippen LogP contribution >= 0.6 is 27.5 Å². The lowest BCUT2D eigenvalue weighted by molar-refractivity contribution is 0.413. The molecule has 2 aromatic carbocycles. The van der Waals surface area contributed by atoms with Crippen LogP contribution in [0.15, 0.2) is 40.9 Å². The second-order valence-corrected chi connectivity index (χ2v) is 4.74. The van der Waals surface area contributed by atoms with E-state index < -0.39 is 5.82 Å². The third kappa shape index (κ3) is 2.45. The minimum absolute atomic E-state index is 0.315. The highest BCUT2D eigenvalue weighted by Gasteiger charge is 2.15. The van der Waals surface area contributed by atoms with Crippen LogP contribution in [0.3, 0.4) is 0 Å². The van der Waals surface area contributed by atoms with Crippen molar-refractivity contribution >= 4 is 27.5 Å². The van der Waals surface area contributed by atoms with Gasteiger partial charge in [0.05, 0.1) is 12.7 Å². The molecule has 17 heavy (non-hydrogen) atoms. The van der Waals surface area contributed by atoms with Crippen LogP contribution in [-0.2, 0) is 0 Å². The molecule has 2 aromatic rings. The Morgan fingerprint density at radius 1 is 1.24 bits per heavy atom. The van der Waals surface area contributed by atoms with Crippen molar-refractivity contribution < 1.29 is 9.13 Å². The highest BCUT2D eigenvalue weighted by Crippen LogP contribution is 2.38. The molecule has 0 aromatic heterocycles. The van der Waals surface area contributed by atoms with Gasteiger partial charge in [0.1, 0.15) is 11.6 Å². The van der Waals surface area contributed by atoms with Crippen LogP contribution < -0.4 is 4.74 Å². The van der Waals surface area contributed by atoms with Gasteiger partial charge in [0.25, 0.3) is 0 Å². The Kier molecular flexibility index (Phi) is 3.69. The maximum absolute atomic E-state index is 14.0. The largest absolute Gasteiger partial charge is 0.496 e. The van der Waals surface area contributed by atoms with Gasteiger partial charge in [0.2, 0.25) is 0 Å². The fourth-order valence-corrected chi connectivity index (χ4v) is 2.31. The lowest BCUT2D eigenvalue weighted by Crippen LogP contribution is -1.92. The first-order chi connectivity index (χ1) is 8.13. The molecule has 0 saturated carbocycles. The summed E-state index contributed by atoms with van der Waals surface area (Å²) in [5.74, 6) is 0.0168. The smallest absolute Gasteiger partial charge is 0.136 e. The van der Waals surface area contributed by atoms with Gasteiger partial charge in [0.15, 0.2) is 0 Å². The Hall–Kier alpha value is -1.06. The van der Waals surface area contributed by atoms with Gasteiger partial charge in [-0.3, -0.25) is 0 Å². The zero-order chi connectivity index (χ0) is 12.4. The first-order valence-corrected chi connectivity index (χ1v) is 6.08. The molecule has 1 nitrogen and oxygen atoms in total. The van der Waals surface area contributed by atoms with Gasteiger partial charge in [0, 0.05) is 15.1 Å². The molecule has 0 aliphatic rings. The number of hydrogen-bond donors (Lipinski definition) is 0. The van der Waals surface area contributed by atoms with Crippen LogP contribution in [0.25, 0.3) is 11.1 Å². The van der Waals surface area contributed by atoms with Gasteiger partial charge in [-0.25, -0.2) is 4.39 Å². The predicted octanol–water partition coefficient (Wildman–Crippen LogP) is 4.92. The van der Waals surface area contributed by atoms with Gasteiger partial charge in [-0.2, -0.15) is 0 Å². The fraction of sp³-hybridized carbons (Fsp3) is 0.0769. The van der Waals surface area contributed by atoms with Crippen LogP contribution in [0.2, 0.25) is 5.02 Å². The van der Waals surface area contributed by atoms with E-state index in [-0.39, 0.29) is 0 Å². The van der Waals surface area contributed by atoms with Gasteiger partial charge < -0.3 is 4.74 Å². The van der Waals surface area contributed by atoms with Crippen molar-refractivity contribution in [2.45, 2.75) is 0 Å². The average Bonchev–Trinajstić information content (AvgIpc) is 2.29. The zero-order valence-corrected chi connectivity index (χ0v) is 11.3. The van der Waals surface area contributed by atoms with E-state index in [0.29, 0.717) is 16.3 Å². The molecule has 4 heteroatoms. The normalized spacial score (nSPS) is 10.4. The standard InChI is InChI=1S/C13H9BrClFO/c1-17-12-7-8(15)6-11(16)13(12)9-4-2-3-5-10(9)14/h2-7H,1H3. The van der Waals surface area contributed by atoms with Gasteiger partial charge in [-0.05, 0) is 18.2 Å². The van der Waals surface area contributed by atoms with E-state index in [1.165, 1.54) is 13.2 Å². The first-order valence-electron chi connectivity index (χ1n) is 4.91. The summed E-state index contributed by atoms with van der Waals surface area (Å²) in [5.41, 5.74) is 1.14. The molecule has 0 N–H and O–H groups in total. The van der Waals surface area contributed by atoms with Crippen molar-refractivity contribution in [3.05, 3.63) is 51.7 Å². The molecule has 0 saturated heterocycles. The second-order valence-electron chi connectivity index (χ2n) is 3.44. The van der Waals surface area contributed by atoms with Gasteiger partial charge in [-0.15, -0.1) is 0 Å². The van der Waals surface area contributed by atoms with Crippen LogP contribution in [0.5, 0.6) is 5.75 Å². The predicted molar refractivity (Wildman–Crippen MR) is 71.1 cm³/mol. The van der Waals surface area contributed by atoms with E-state index in [9.17, 15) is 4.39 Å². The van der Waals surface area contributed by atoms with E-state index in [2.05, 4.69) is 15.9 Å². The Morgan fingerprint density at radius 2 is 1.94 bits per heavy atom. The SMILES string of the molecule is COc1cc(Cl)cc(F)c1-c1ccccc1Br. The van der Waals surface area contributed by atoms with Gasteiger partial charge >= 0.3 is 0 Å². The number of hydrogen-bond acceptors (Lipinski definition) is 1. The van der Waals surface area contributed by atoms with Crippen LogP contribution in [0.4, 0.5) is 4.39 Å². The van der Waals surface area contributed by atoms with E-state index in [1.54, 1.807) is 6.07 Å². The van der Waals surface area contributed by atoms with E-state index in [0.717, 1.165) is 10.0 Å². The molecule has 0 radical (unpaired) electrons. The van der Waals surface area contributed by atoms with E-state index in [1.807, 2.05) is 24.3 Å². The Bertz CT molecular complexity index is 557. The summed E-state index contributed by atoms with van der Waals surface area (Å²) in [6.07, 6.45) is 0. The molecule has 0 unspecified atom stereocenters. The summed E-state index contributed by atoms with van der Waals surface area (Å²) in [4.78, 5) is 0. The topological polar surface area (TPSA) is 9.23 Å². The van der Waals surface area contributed by atoms with Crippen LogP contribution in [0, 0.1) is 5.82 Å². The molecule has 0 amide bonds. The monoisotopic (exact) mass is 314 g/mol. The summed E-state index contributed by atoms with van der Waals surface area (Å²) < 4.78 is 20.0. The molecule has 2 rings (SSSR count). The molecular formula is C13H9BrClFO. The zero-order valence-electron chi connectivity index (χ0n) is 9.01. The molecule has 0 aliphatic heterocycles. The lowest BCUT2D eigenvalue weighted by Gasteiger charge is -2.11. The molecule has 0 bridgehead atoms. The number of benzene rings is 2. The molecule has 0 fully saturated rings. The summed E-state index contributed by atoms with van der Waals surface area (Å²) in [6, 6.07) is 10.3. The minimum atomic E-state index is -0.402. The van der Waals surface area contributed by atoms with Crippen LogP contribution in [0.1, 0.15) is 0 Å². The van der Waals surface area contributed by atoms with Crippen LogP contribution in [-0.4, -0.2) is 7.11 Å². The lowest BCUT2D eigenvalue weighted by atomic mass is 10.0. The van der Waals surface area contributed by atoms with Crippen molar-refractivity contribution in [1.82, 2.24) is 0 Å². The quantitative estimate of drug-likeness (QED) is 0.764. The second kappa shape index (κ2) is 5.07. The highest BCUT2D eigenvalue weighted by molar-refractivity contribution is 9.10. The van der Waals surface area contributed by atoms with Gasteiger partial charge in [-0.1, -0.05) is 45.7 Å². The summed E-state index contributed by atoms with van der Waals surface area (Å²) >= 11 is 9.19. The Labute approximate surface area is 112 Å². The van der Waals surface area contributed by atoms with E-state index in [4.69, 9.17) is 16.3 Å². The van der Waals surface area contributed by atoms with E-state index >= 15 is 0 Å². The molecule has 88 valence electrons. The first kappa shape index (κ1) is 12.4. The Balaban J connectivity index is 2.71. The fourth-order valence-electron chi connectivity index (χ4n) is 1.64. The number of methoxy groups -OCH3 is 1. The Morgan fingerprint density at radius 3 is 2.59 bits per heavy atom. The molecule has 0 aliphatic carbocycles. The van der Waals surface area contributed by atoms with Crippen molar-refractivity contribution in [1.29, 1.82) is 0 Å². The maximum Gasteiger partial charge on any atom is 0.136 e. The molecule has 0 spiro atoms. The molecule has 0 heterocycles. The summed E-state index contributed by atoms with van der Waals surface area (Å²) in [6.45, 7) is 0. The van der Waals surface area contributed by atoms with Crippen molar-refractivity contribution in [2.24, 2.45) is 0 Å². The third-order valence-electron chi connectivity index (χ3n) is 2.38. The number of rotatable bonds is 2. The summed E-state index contributed by atoms with van der Waals surface area (Å²) in [7, 11) is 1.49.